The first kappa shape index (κ1) is 36.1. The van der Waals surface area contributed by atoms with E-state index in [0.717, 1.165) is 0 Å². The quantitative estimate of drug-likeness (QED) is 0.0732. The maximum absolute atomic E-state index is 16.6. The molecule has 4 rings (SSSR count). The minimum atomic E-state index is -1.74. The van der Waals surface area contributed by atoms with Crippen LogP contribution in [0.15, 0.2) is 65.9 Å². The van der Waals surface area contributed by atoms with Gasteiger partial charge < -0.3 is 39.1 Å². The van der Waals surface area contributed by atoms with Gasteiger partial charge in [0.05, 0.1) is 7.11 Å². The third-order valence-corrected chi connectivity index (χ3v) is 6.53. The van der Waals surface area contributed by atoms with Crippen LogP contribution in [0.4, 0.5) is 25.2 Å². The molecule has 0 fully saturated rings. The molecule has 3 aromatic rings. The lowest BCUT2D eigenvalue weighted by Crippen LogP contribution is -2.51. The average Bonchev–Trinajstić information content (AvgIpc) is 3.47. The number of aliphatic imine (C=N–C) groups is 1. The molecule has 1 unspecified atom stereocenters. The van der Waals surface area contributed by atoms with Gasteiger partial charge in [-0.15, -0.1) is 0 Å². The Morgan fingerprint density at radius 2 is 1.82 bits per heavy atom. The summed E-state index contributed by atoms with van der Waals surface area (Å²) < 4.78 is 61.1. The standard InChI is InChI=1S/C31H36F2N8O8/c1-19(42)45-15-16-46-23-18-21(44-4)17-22(24(23)33)25(40(27(34)35)20-9-6-5-7-10-20)26-38-29(41(39-26)28-36-12-8-13-37-28)48-31(2,3)49-30(43)47-14-11-32/h5-10,12-13,17-18,25-26,39H,11,14-16H2,1-4H3,(H3,34,35)/t25-,26?/m1/s1. The van der Waals surface area contributed by atoms with Gasteiger partial charge in [-0.3, -0.25) is 10.2 Å². The van der Waals surface area contributed by atoms with Crippen molar-refractivity contribution in [1.29, 1.82) is 5.41 Å². The second-order valence-corrected chi connectivity index (χ2v) is 10.5. The van der Waals surface area contributed by atoms with Crippen molar-refractivity contribution in [3.63, 3.8) is 0 Å². The Morgan fingerprint density at radius 1 is 1.10 bits per heavy atom. The van der Waals surface area contributed by atoms with Crippen LogP contribution in [0, 0.1) is 11.2 Å². The Labute approximate surface area is 280 Å². The van der Waals surface area contributed by atoms with E-state index < -0.39 is 55.2 Å². The molecule has 4 N–H and O–H groups in total. The fraction of sp³-hybridized carbons (Fsp3) is 0.355. The third kappa shape index (κ3) is 9.40. The summed E-state index contributed by atoms with van der Waals surface area (Å²) in [5.41, 5.74) is 9.56. The first-order valence-corrected chi connectivity index (χ1v) is 14.8. The van der Waals surface area contributed by atoms with E-state index in [1.54, 1.807) is 36.4 Å². The van der Waals surface area contributed by atoms with Crippen LogP contribution in [0.3, 0.4) is 0 Å². The Hall–Kier alpha value is -5.78. The van der Waals surface area contributed by atoms with Gasteiger partial charge in [-0.25, -0.2) is 28.5 Å². The number of hydrazine groups is 1. The maximum Gasteiger partial charge on any atom is 0.511 e. The number of methoxy groups -OCH3 is 1. The van der Waals surface area contributed by atoms with E-state index >= 15 is 4.39 Å². The average molecular weight is 687 g/mol. The number of alkyl halides is 1. The summed E-state index contributed by atoms with van der Waals surface area (Å²) in [6.07, 6.45) is 0.496. The second-order valence-electron chi connectivity index (χ2n) is 10.5. The Bertz CT molecular complexity index is 1630. The fourth-order valence-corrected chi connectivity index (χ4v) is 4.61. The summed E-state index contributed by atoms with van der Waals surface area (Å²) in [5.74, 6) is -3.64. The number of hydrogen-bond acceptors (Lipinski definition) is 14. The number of rotatable bonds is 14. The van der Waals surface area contributed by atoms with Crippen molar-refractivity contribution in [3.8, 4) is 11.5 Å². The molecule has 0 bridgehead atoms. The maximum atomic E-state index is 16.6. The van der Waals surface area contributed by atoms with Crippen LogP contribution < -0.4 is 30.5 Å². The zero-order valence-electron chi connectivity index (χ0n) is 27.1. The summed E-state index contributed by atoms with van der Waals surface area (Å²) in [6, 6.07) is 11.3. The van der Waals surface area contributed by atoms with Gasteiger partial charge in [0.1, 0.15) is 44.5 Å². The number of esters is 1. The van der Waals surface area contributed by atoms with Crippen molar-refractivity contribution in [2.24, 2.45) is 10.7 Å². The minimum absolute atomic E-state index is 0.0352. The van der Waals surface area contributed by atoms with E-state index in [2.05, 4.69) is 25.1 Å². The van der Waals surface area contributed by atoms with Gasteiger partial charge in [-0.2, -0.15) is 10.4 Å². The van der Waals surface area contributed by atoms with Crippen LogP contribution in [0.25, 0.3) is 0 Å². The largest absolute Gasteiger partial charge is 0.511 e. The molecular weight excluding hydrogens is 650 g/mol. The first-order valence-electron chi connectivity index (χ1n) is 14.8. The number of benzene rings is 2. The highest BCUT2D eigenvalue weighted by Gasteiger charge is 2.43. The van der Waals surface area contributed by atoms with Crippen molar-refractivity contribution in [2.75, 3.05) is 43.5 Å². The van der Waals surface area contributed by atoms with E-state index in [9.17, 15) is 14.0 Å². The number of halogens is 2. The summed E-state index contributed by atoms with van der Waals surface area (Å²) >= 11 is 0. The molecular formula is C31H36F2N8O8. The van der Waals surface area contributed by atoms with Gasteiger partial charge >= 0.3 is 18.1 Å². The normalized spacial score (nSPS) is 14.7. The second kappa shape index (κ2) is 16.4. The highest BCUT2D eigenvalue weighted by Crippen LogP contribution is 2.39. The number of hydrogen-bond donors (Lipinski definition) is 3. The Kier molecular flexibility index (Phi) is 12.0. The molecule has 1 aromatic heterocycles. The molecule has 16 nitrogen and oxygen atoms in total. The molecule has 49 heavy (non-hydrogen) atoms. The highest BCUT2D eigenvalue weighted by atomic mass is 19.1. The first-order chi connectivity index (χ1) is 23.4. The molecule has 0 amide bonds. The number of amidine groups is 1. The zero-order chi connectivity index (χ0) is 35.6. The van der Waals surface area contributed by atoms with Crippen LogP contribution in [-0.4, -0.2) is 79.6 Å². The molecule has 2 aromatic carbocycles. The van der Waals surface area contributed by atoms with E-state index in [1.807, 2.05) is 0 Å². The monoisotopic (exact) mass is 686 g/mol. The predicted molar refractivity (Wildman–Crippen MR) is 171 cm³/mol. The molecule has 18 heteroatoms. The van der Waals surface area contributed by atoms with Gasteiger partial charge in [0, 0.05) is 50.5 Å². The van der Waals surface area contributed by atoms with Gasteiger partial charge in [0.2, 0.25) is 5.95 Å². The number of carbonyl (C=O) groups excluding carboxylic acids is 2. The van der Waals surface area contributed by atoms with Crippen LogP contribution >= 0.6 is 0 Å². The summed E-state index contributed by atoms with van der Waals surface area (Å²) in [4.78, 5) is 37.9. The summed E-state index contributed by atoms with van der Waals surface area (Å²) in [5, 5.41) is 9.83. The lowest BCUT2D eigenvalue weighted by molar-refractivity contribution is -0.142. The van der Waals surface area contributed by atoms with Crippen molar-refractivity contribution in [2.45, 2.75) is 38.8 Å². The van der Waals surface area contributed by atoms with Gasteiger partial charge in [-0.1, -0.05) is 18.2 Å². The molecule has 1 aliphatic heterocycles. The van der Waals surface area contributed by atoms with Crippen molar-refractivity contribution in [3.05, 3.63) is 72.3 Å². The van der Waals surface area contributed by atoms with Gasteiger partial charge in [0.25, 0.3) is 5.79 Å². The highest BCUT2D eigenvalue weighted by molar-refractivity contribution is 5.95. The molecule has 0 saturated heterocycles. The molecule has 0 saturated carbocycles. The van der Waals surface area contributed by atoms with Crippen molar-refractivity contribution < 1.29 is 46.8 Å². The third-order valence-electron chi connectivity index (χ3n) is 6.53. The minimum Gasteiger partial charge on any atom is -0.497 e. The number of nitrogens with one attached hydrogen (secondary N) is 2. The number of nitrogens with two attached hydrogens (primary N) is 1. The molecule has 2 heterocycles. The topological polar surface area (TPSA) is 196 Å². The van der Waals surface area contributed by atoms with Crippen LogP contribution in [0.1, 0.15) is 32.4 Å². The Balaban J connectivity index is 1.84. The summed E-state index contributed by atoms with van der Waals surface area (Å²) in [7, 11) is 1.38. The SMILES string of the molecule is COc1cc(OCCOC(C)=O)c(F)c([C@H](C2N=C(OC(C)(C)OC(=O)OCCF)N(c3ncccn3)N2)N(C(=N)N)c2ccccc2)c1. The lowest BCUT2D eigenvalue weighted by Gasteiger charge is -2.35. The van der Waals surface area contributed by atoms with E-state index in [1.165, 1.54) is 62.3 Å². The summed E-state index contributed by atoms with van der Waals surface area (Å²) in [6.45, 7) is 2.24. The predicted octanol–water partition coefficient (Wildman–Crippen LogP) is 3.59. The zero-order valence-corrected chi connectivity index (χ0v) is 27.1. The number of aromatic nitrogens is 2. The van der Waals surface area contributed by atoms with Crippen LogP contribution in [-0.2, 0) is 23.7 Å². The van der Waals surface area contributed by atoms with Crippen LogP contribution in [0.5, 0.6) is 11.5 Å². The fourth-order valence-electron chi connectivity index (χ4n) is 4.61. The van der Waals surface area contributed by atoms with Crippen LogP contribution in [0.2, 0.25) is 0 Å². The van der Waals surface area contributed by atoms with Gasteiger partial charge in [0.15, 0.2) is 17.5 Å². The van der Waals surface area contributed by atoms with E-state index in [-0.39, 0.29) is 42.2 Å². The smallest absolute Gasteiger partial charge is 0.497 e. The molecule has 2 atom stereocenters. The number of nitrogens with zero attached hydrogens (tertiary/aromatic N) is 5. The molecule has 262 valence electrons. The van der Waals surface area contributed by atoms with E-state index in [4.69, 9.17) is 34.8 Å². The molecule has 0 spiro atoms. The number of para-hydroxylation sites is 1. The number of ether oxygens (including phenoxy) is 6. The Morgan fingerprint density at radius 3 is 2.45 bits per heavy atom. The lowest BCUT2D eigenvalue weighted by atomic mass is 10.00. The number of anilines is 2. The molecule has 0 radical (unpaired) electrons. The van der Waals surface area contributed by atoms with Crippen molar-refractivity contribution >= 4 is 35.7 Å². The number of carbonyl (C=O) groups is 2. The van der Waals surface area contributed by atoms with E-state index in [0.29, 0.717) is 5.69 Å². The van der Waals surface area contributed by atoms with Crippen molar-refractivity contribution in [1.82, 2.24) is 15.4 Å². The molecule has 0 aliphatic carbocycles. The van der Waals surface area contributed by atoms with Gasteiger partial charge in [-0.05, 0) is 24.3 Å². The number of guanidine groups is 1. The molecule has 1 aliphatic rings.